The van der Waals surface area contributed by atoms with Crippen LogP contribution in [0.3, 0.4) is 0 Å². The molecule has 1 unspecified atom stereocenters. The van der Waals surface area contributed by atoms with Crippen molar-refractivity contribution in [2.45, 2.75) is 26.7 Å². The second-order valence-corrected chi connectivity index (χ2v) is 4.15. The lowest BCUT2D eigenvalue weighted by atomic mass is 9.94. The van der Waals surface area contributed by atoms with E-state index in [-0.39, 0.29) is 0 Å². The minimum atomic E-state index is 0.443. The molecule has 0 aromatic heterocycles. The van der Waals surface area contributed by atoms with Gasteiger partial charge in [0.1, 0.15) is 0 Å². The van der Waals surface area contributed by atoms with Crippen molar-refractivity contribution in [3.63, 3.8) is 0 Å². The molecule has 1 aromatic carbocycles. The van der Waals surface area contributed by atoms with Crippen molar-refractivity contribution in [1.82, 2.24) is 0 Å². The van der Waals surface area contributed by atoms with Gasteiger partial charge in [-0.3, -0.25) is 0 Å². The Morgan fingerprint density at radius 2 is 1.87 bits per heavy atom. The molecule has 0 bridgehead atoms. The summed E-state index contributed by atoms with van der Waals surface area (Å²) in [6.07, 6.45) is 6.26. The van der Waals surface area contributed by atoms with Crippen molar-refractivity contribution in [3.8, 4) is 0 Å². The molecule has 0 radical (unpaired) electrons. The first-order valence-electron chi connectivity index (χ1n) is 5.20. The van der Waals surface area contributed by atoms with E-state index in [2.05, 4.69) is 38.1 Å². The van der Waals surface area contributed by atoms with Gasteiger partial charge in [-0.2, -0.15) is 0 Å². The van der Waals surface area contributed by atoms with Crippen LogP contribution >= 0.6 is 11.6 Å². The molecule has 15 heavy (non-hydrogen) atoms. The molecule has 0 spiro atoms. The Morgan fingerprint density at radius 1 is 1.27 bits per heavy atom. The van der Waals surface area contributed by atoms with Crippen LogP contribution in [-0.4, -0.2) is 0 Å². The van der Waals surface area contributed by atoms with Gasteiger partial charge in [-0.05, 0) is 31.5 Å². The molecule has 0 saturated heterocycles. The van der Waals surface area contributed by atoms with Crippen molar-refractivity contribution < 1.29 is 0 Å². The molecule has 0 aliphatic carbocycles. The zero-order valence-electron chi connectivity index (χ0n) is 9.50. The molecule has 1 heteroatoms. The average molecular weight is 221 g/mol. The largest absolute Gasteiger partial charge is 0.0877 e. The number of hydrogen-bond acceptors (Lipinski definition) is 0. The van der Waals surface area contributed by atoms with Crippen LogP contribution in [0.2, 0.25) is 5.02 Å². The molecule has 0 amide bonds. The van der Waals surface area contributed by atoms with Crippen LogP contribution in [0.4, 0.5) is 0 Å². The van der Waals surface area contributed by atoms with E-state index in [1.165, 1.54) is 11.1 Å². The van der Waals surface area contributed by atoms with Gasteiger partial charge in [-0.25, -0.2) is 0 Å². The first kappa shape index (κ1) is 12.1. The summed E-state index contributed by atoms with van der Waals surface area (Å²) in [4.78, 5) is 0. The fourth-order valence-electron chi connectivity index (χ4n) is 1.41. The predicted molar refractivity (Wildman–Crippen MR) is 68.4 cm³/mol. The van der Waals surface area contributed by atoms with Crippen LogP contribution in [-0.2, 0) is 0 Å². The monoisotopic (exact) mass is 220 g/mol. The first-order valence-corrected chi connectivity index (χ1v) is 5.58. The third-order valence-corrected chi connectivity index (χ3v) is 2.86. The van der Waals surface area contributed by atoms with Crippen molar-refractivity contribution in [1.29, 1.82) is 0 Å². The van der Waals surface area contributed by atoms with Gasteiger partial charge < -0.3 is 0 Å². The van der Waals surface area contributed by atoms with Crippen LogP contribution < -0.4 is 0 Å². The van der Waals surface area contributed by atoms with Crippen molar-refractivity contribution in [3.05, 3.63) is 58.7 Å². The number of halogens is 1. The van der Waals surface area contributed by atoms with Crippen molar-refractivity contribution in [2.24, 2.45) is 0 Å². The normalized spacial score (nSPS) is 14.5. The number of benzene rings is 1. The maximum Gasteiger partial charge on any atom is 0.0406 e. The maximum atomic E-state index is 5.85. The number of rotatable bonds is 3. The summed E-state index contributed by atoms with van der Waals surface area (Å²) in [5, 5.41) is 0.793. The highest BCUT2D eigenvalue weighted by atomic mass is 35.5. The van der Waals surface area contributed by atoms with Crippen LogP contribution in [0.5, 0.6) is 0 Å². The van der Waals surface area contributed by atoms with Crippen LogP contribution in [0.15, 0.2) is 48.1 Å². The fourth-order valence-corrected chi connectivity index (χ4v) is 1.53. The Bertz CT molecular complexity index is 357. The van der Waals surface area contributed by atoms with E-state index in [1.54, 1.807) is 0 Å². The number of allylic oxidation sites excluding steroid dienone is 4. The second kappa shape index (κ2) is 5.77. The Balaban J connectivity index is 2.84. The van der Waals surface area contributed by atoms with Crippen LogP contribution in [0.1, 0.15) is 32.3 Å². The average Bonchev–Trinajstić information content (AvgIpc) is 2.26. The molecule has 1 rings (SSSR count). The highest BCUT2D eigenvalue weighted by molar-refractivity contribution is 6.30. The summed E-state index contributed by atoms with van der Waals surface area (Å²) in [5.74, 6) is 0.443. The van der Waals surface area contributed by atoms with Crippen molar-refractivity contribution in [2.75, 3.05) is 0 Å². The minimum Gasteiger partial charge on any atom is -0.0877 e. The summed E-state index contributed by atoms with van der Waals surface area (Å²) in [7, 11) is 0. The summed E-state index contributed by atoms with van der Waals surface area (Å²) in [5.41, 5.74) is 2.66. The van der Waals surface area contributed by atoms with E-state index in [9.17, 15) is 0 Å². The van der Waals surface area contributed by atoms with Gasteiger partial charge in [-0.15, -0.1) is 0 Å². The van der Waals surface area contributed by atoms with E-state index in [0.29, 0.717) is 5.92 Å². The molecule has 1 atom stereocenters. The molecule has 0 aliphatic rings. The lowest BCUT2D eigenvalue weighted by Crippen LogP contribution is -1.94. The Morgan fingerprint density at radius 3 is 2.40 bits per heavy atom. The summed E-state index contributed by atoms with van der Waals surface area (Å²) < 4.78 is 0. The van der Waals surface area contributed by atoms with E-state index in [0.717, 1.165) is 5.02 Å². The molecule has 0 nitrogen and oxygen atoms in total. The lowest BCUT2D eigenvalue weighted by Gasteiger charge is -2.12. The fraction of sp³-hybridized carbons (Fsp3) is 0.286. The predicted octanol–water partition coefficient (Wildman–Crippen LogP) is 4.97. The molecule has 0 saturated carbocycles. The second-order valence-electron chi connectivity index (χ2n) is 3.71. The Labute approximate surface area is 97.3 Å². The Kier molecular flexibility index (Phi) is 4.64. The maximum absolute atomic E-state index is 5.85. The third-order valence-electron chi connectivity index (χ3n) is 2.60. The van der Waals surface area contributed by atoms with Gasteiger partial charge >= 0.3 is 0 Å². The molecule has 0 fully saturated rings. The van der Waals surface area contributed by atoms with E-state index in [1.807, 2.05) is 25.1 Å². The van der Waals surface area contributed by atoms with Crippen molar-refractivity contribution >= 4 is 11.6 Å². The summed E-state index contributed by atoms with van der Waals surface area (Å²) >= 11 is 5.85. The van der Waals surface area contributed by atoms with Gasteiger partial charge in [0, 0.05) is 10.9 Å². The lowest BCUT2D eigenvalue weighted by molar-refractivity contribution is 0.894. The molecule has 1 aromatic rings. The molecule has 0 heterocycles. The van der Waals surface area contributed by atoms with Gasteiger partial charge in [0.15, 0.2) is 0 Å². The molecule has 0 aliphatic heterocycles. The molecule has 0 N–H and O–H groups in total. The van der Waals surface area contributed by atoms with Gasteiger partial charge in [0.2, 0.25) is 0 Å². The Hall–Kier alpha value is -1.01. The quantitative estimate of drug-likeness (QED) is 0.632. The third kappa shape index (κ3) is 3.56. The van der Waals surface area contributed by atoms with E-state index < -0.39 is 0 Å². The molecule has 80 valence electrons. The van der Waals surface area contributed by atoms with Crippen LogP contribution in [0, 0.1) is 0 Å². The zero-order valence-corrected chi connectivity index (χ0v) is 10.3. The zero-order chi connectivity index (χ0) is 11.3. The minimum absolute atomic E-state index is 0.443. The van der Waals surface area contributed by atoms with E-state index in [4.69, 9.17) is 11.6 Å². The topological polar surface area (TPSA) is 0 Å². The standard InChI is InChI=1S/C14H17Cl/c1-4-5-6-11(2)12(3)13-7-9-14(15)10-8-13/h4-10,12H,1-3H3. The van der Waals surface area contributed by atoms with Gasteiger partial charge in [-0.1, -0.05) is 54.5 Å². The first-order chi connectivity index (χ1) is 7.15. The summed E-state index contributed by atoms with van der Waals surface area (Å²) in [6.45, 7) is 6.38. The SMILES string of the molecule is CC=CC=C(C)C(C)c1ccc(Cl)cc1. The van der Waals surface area contributed by atoms with E-state index >= 15 is 0 Å². The highest BCUT2D eigenvalue weighted by Crippen LogP contribution is 2.24. The molecular formula is C14H17Cl. The smallest absolute Gasteiger partial charge is 0.0406 e. The van der Waals surface area contributed by atoms with Crippen LogP contribution in [0.25, 0.3) is 0 Å². The van der Waals surface area contributed by atoms with Gasteiger partial charge in [0.05, 0.1) is 0 Å². The van der Waals surface area contributed by atoms with Gasteiger partial charge in [0.25, 0.3) is 0 Å². The highest BCUT2D eigenvalue weighted by Gasteiger charge is 2.06. The number of hydrogen-bond donors (Lipinski definition) is 0. The summed E-state index contributed by atoms with van der Waals surface area (Å²) in [6, 6.07) is 8.05. The molecular weight excluding hydrogens is 204 g/mol.